The van der Waals surface area contributed by atoms with Crippen molar-refractivity contribution in [3.05, 3.63) is 35.9 Å². The average molecular weight is 258 g/mol. The van der Waals surface area contributed by atoms with Crippen molar-refractivity contribution in [1.29, 1.82) is 0 Å². The molecule has 2 heteroatoms. The summed E-state index contributed by atoms with van der Waals surface area (Å²) < 4.78 is 5.59. The van der Waals surface area contributed by atoms with Crippen LogP contribution >= 0.6 is 0 Å². The SMILES string of the molecule is CCCCC#CC(O)(c1ccccc1)C1OC1CC. The topological polar surface area (TPSA) is 32.8 Å². The highest BCUT2D eigenvalue weighted by Crippen LogP contribution is 2.40. The maximum Gasteiger partial charge on any atom is 0.179 e. The summed E-state index contributed by atoms with van der Waals surface area (Å²) in [5, 5.41) is 10.9. The summed E-state index contributed by atoms with van der Waals surface area (Å²) in [7, 11) is 0. The van der Waals surface area contributed by atoms with E-state index in [1.54, 1.807) is 0 Å². The van der Waals surface area contributed by atoms with Crippen molar-refractivity contribution in [3.63, 3.8) is 0 Å². The quantitative estimate of drug-likeness (QED) is 0.499. The molecule has 0 radical (unpaired) electrons. The number of epoxide rings is 1. The van der Waals surface area contributed by atoms with Crippen LogP contribution in [0.5, 0.6) is 0 Å². The molecule has 1 aliphatic heterocycles. The molecule has 0 saturated carbocycles. The van der Waals surface area contributed by atoms with Crippen LogP contribution in [0, 0.1) is 11.8 Å². The molecule has 0 bridgehead atoms. The molecule has 1 aromatic rings. The van der Waals surface area contributed by atoms with E-state index >= 15 is 0 Å². The Morgan fingerprint density at radius 3 is 2.58 bits per heavy atom. The zero-order valence-corrected chi connectivity index (χ0v) is 11.7. The van der Waals surface area contributed by atoms with Crippen molar-refractivity contribution in [2.45, 2.75) is 57.3 Å². The van der Waals surface area contributed by atoms with Crippen LogP contribution in [0.25, 0.3) is 0 Å². The lowest BCUT2D eigenvalue weighted by Crippen LogP contribution is -2.32. The van der Waals surface area contributed by atoms with E-state index in [9.17, 15) is 5.11 Å². The highest BCUT2D eigenvalue weighted by Gasteiger charge is 2.53. The third-order valence-electron chi connectivity index (χ3n) is 3.54. The smallest absolute Gasteiger partial charge is 0.179 e. The second kappa shape index (κ2) is 6.23. The van der Waals surface area contributed by atoms with Crippen LogP contribution in [-0.4, -0.2) is 17.3 Å². The van der Waals surface area contributed by atoms with Crippen LogP contribution in [0.4, 0.5) is 0 Å². The molecule has 1 fully saturated rings. The van der Waals surface area contributed by atoms with Gasteiger partial charge in [0.1, 0.15) is 6.10 Å². The monoisotopic (exact) mass is 258 g/mol. The van der Waals surface area contributed by atoms with Crippen molar-refractivity contribution < 1.29 is 9.84 Å². The summed E-state index contributed by atoms with van der Waals surface area (Å²) in [6.45, 7) is 4.21. The molecule has 19 heavy (non-hydrogen) atoms. The van der Waals surface area contributed by atoms with Crippen molar-refractivity contribution >= 4 is 0 Å². The van der Waals surface area contributed by atoms with Gasteiger partial charge in [0.2, 0.25) is 0 Å². The molecule has 1 N–H and O–H groups in total. The molecule has 1 aromatic carbocycles. The van der Waals surface area contributed by atoms with Crippen LogP contribution in [0.2, 0.25) is 0 Å². The first-order valence-corrected chi connectivity index (χ1v) is 7.15. The summed E-state index contributed by atoms with van der Waals surface area (Å²) in [6, 6.07) is 9.64. The molecule has 0 spiro atoms. The fourth-order valence-electron chi connectivity index (χ4n) is 2.28. The predicted molar refractivity (Wildman–Crippen MR) is 76.6 cm³/mol. The lowest BCUT2D eigenvalue weighted by atomic mass is 9.88. The minimum absolute atomic E-state index is 0.130. The number of hydrogen-bond acceptors (Lipinski definition) is 2. The summed E-state index contributed by atoms with van der Waals surface area (Å²) in [5.74, 6) is 6.17. The van der Waals surface area contributed by atoms with Gasteiger partial charge in [-0.1, -0.05) is 62.4 Å². The Balaban J connectivity index is 2.20. The standard InChI is InChI=1S/C17H22O2/c1-3-5-6-10-13-17(18,16-15(4-2)19-16)14-11-8-7-9-12-14/h7-9,11-12,15-16,18H,3-6H2,1-2H3. The predicted octanol–water partition coefficient (Wildman–Crippen LogP) is 3.25. The fraction of sp³-hybridized carbons (Fsp3) is 0.529. The van der Waals surface area contributed by atoms with Gasteiger partial charge in [0.05, 0.1) is 6.10 Å². The first-order valence-electron chi connectivity index (χ1n) is 7.15. The normalized spacial score (nSPS) is 24.2. The second-order valence-corrected chi connectivity index (χ2v) is 5.04. The summed E-state index contributed by atoms with van der Waals surface area (Å²) >= 11 is 0. The third kappa shape index (κ3) is 3.18. The van der Waals surface area contributed by atoms with Gasteiger partial charge in [0.25, 0.3) is 0 Å². The van der Waals surface area contributed by atoms with Gasteiger partial charge >= 0.3 is 0 Å². The van der Waals surface area contributed by atoms with Crippen molar-refractivity contribution in [1.82, 2.24) is 0 Å². The van der Waals surface area contributed by atoms with Crippen molar-refractivity contribution in [2.24, 2.45) is 0 Å². The molecular weight excluding hydrogens is 236 g/mol. The maximum absolute atomic E-state index is 10.9. The van der Waals surface area contributed by atoms with Gasteiger partial charge in [-0.2, -0.15) is 0 Å². The second-order valence-electron chi connectivity index (χ2n) is 5.04. The number of hydrogen-bond donors (Lipinski definition) is 1. The van der Waals surface area contributed by atoms with Gasteiger partial charge in [-0.3, -0.25) is 0 Å². The largest absolute Gasteiger partial charge is 0.371 e. The minimum atomic E-state index is -1.16. The Hall–Kier alpha value is -1.30. The van der Waals surface area contributed by atoms with E-state index < -0.39 is 5.60 Å². The zero-order valence-electron chi connectivity index (χ0n) is 11.7. The molecule has 3 atom stereocenters. The van der Waals surface area contributed by atoms with E-state index in [0.717, 1.165) is 31.2 Å². The lowest BCUT2D eigenvalue weighted by molar-refractivity contribution is 0.0654. The molecular formula is C17H22O2. The Kier molecular flexibility index (Phi) is 4.63. The van der Waals surface area contributed by atoms with Gasteiger partial charge < -0.3 is 9.84 Å². The van der Waals surface area contributed by atoms with Crippen molar-refractivity contribution in [2.75, 3.05) is 0 Å². The molecule has 2 nitrogen and oxygen atoms in total. The summed E-state index contributed by atoms with van der Waals surface area (Å²) in [5.41, 5.74) is -0.324. The number of benzene rings is 1. The van der Waals surface area contributed by atoms with Gasteiger partial charge in [-0.15, -0.1) is 0 Å². The van der Waals surface area contributed by atoms with E-state index in [0.29, 0.717) is 0 Å². The van der Waals surface area contributed by atoms with Gasteiger partial charge in [-0.05, 0) is 18.4 Å². The molecule has 1 aliphatic rings. The zero-order chi connectivity index (χ0) is 13.7. The lowest BCUT2D eigenvalue weighted by Gasteiger charge is -2.21. The number of ether oxygens (including phenoxy) is 1. The average Bonchev–Trinajstić information content (AvgIpc) is 3.24. The molecule has 0 aromatic heterocycles. The highest BCUT2D eigenvalue weighted by atomic mass is 16.6. The molecule has 1 saturated heterocycles. The van der Waals surface area contributed by atoms with Gasteiger partial charge in [0.15, 0.2) is 5.60 Å². The summed E-state index contributed by atoms with van der Waals surface area (Å²) in [6.07, 6.45) is 3.88. The van der Waals surface area contributed by atoms with E-state index in [4.69, 9.17) is 4.74 Å². The Morgan fingerprint density at radius 1 is 1.26 bits per heavy atom. The van der Waals surface area contributed by atoms with Crippen LogP contribution in [0.15, 0.2) is 30.3 Å². The van der Waals surface area contributed by atoms with Gasteiger partial charge in [-0.25, -0.2) is 0 Å². The molecule has 1 heterocycles. The maximum atomic E-state index is 10.9. The van der Waals surface area contributed by atoms with E-state index in [1.807, 2.05) is 30.3 Å². The molecule has 102 valence electrons. The Morgan fingerprint density at radius 2 is 2.00 bits per heavy atom. The van der Waals surface area contributed by atoms with Crippen LogP contribution in [-0.2, 0) is 10.3 Å². The molecule has 2 rings (SSSR count). The van der Waals surface area contributed by atoms with E-state index in [-0.39, 0.29) is 12.2 Å². The first-order chi connectivity index (χ1) is 9.22. The van der Waals surface area contributed by atoms with E-state index in [1.165, 1.54) is 0 Å². The fourth-order valence-corrected chi connectivity index (χ4v) is 2.28. The minimum Gasteiger partial charge on any atom is -0.371 e. The van der Waals surface area contributed by atoms with Crippen molar-refractivity contribution in [3.8, 4) is 11.8 Å². The van der Waals surface area contributed by atoms with Crippen LogP contribution in [0.1, 0.15) is 45.1 Å². The van der Waals surface area contributed by atoms with Crippen LogP contribution in [0.3, 0.4) is 0 Å². The molecule has 0 amide bonds. The number of rotatable bonds is 5. The molecule has 3 unspecified atom stereocenters. The third-order valence-corrected chi connectivity index (χ3v) is 3.54. The number of aliphatic hydroxyl groups is 1. The first kappa shape index (κ1) is 14.1. The summed E-state index contributed by atoms with van der Waals surface area (Å²) in [4.78, 5) is 0. The molecule has 0 aliphatic carbocycles. The Labute approximate surface area is 115 Å². The number of unbranched alkanes of at least 4 members (excludes halogenated alkanes) is 2. The highest BCUT2D eigenvalue weighted by molar-refractivity contribution is 5.36. The Bertz CT molecular complexity index is 457. The van der Waals surface area contributed by atoms with Crippen LogP contribution < -0.4 is 0 Å². The van der Waals surface area contributed by atoms with E-state index in [2.05, 4.69) is 25.7 Å². The van der Waals surface area contributed by atoms with Gasteiger partial charge in [0, 0.05) is 6.42 Å².